The third-order valence-electron chi connectivity index (χ3n) is 3.27. The van der Waals surface area contributed by atoms with Gasteiger partial charge in [0, 0.05) is 23.7 Å². The van der Waals surface area contributed by atoms with E-state index in [2.05, 4.69) is 10.1 Å². The number of rotatable bonds is 2. The van der Waals surface area contributed by atoms with E-state index in [1.807, 2.05) is 13.0 Å². The molecule has 5 heteroatoms. The lowest BCUT2D eigenvalue weighted by atomic mass is 10.1. The average Bonchev–Trinajstić information content (AvgIpc) is 3.01. The molecule has 1 saturated heterocycles. The summed E-state index contributed by atoms with van der Waals surface area (Å²) in [5, 5.41) is 13.7. The molecule has 1 N–H and O–H groups in total. The Morgan fingerprint density at radius 3 is 3.06 bits per heavy atom. The fourth-order valence-electron chi connectivity index (χ4n) is 2.10. The number of nitrogens with zero attached hydrogens (tertiary/aromatic N) is 2. The topological polar surface area (TPSA) is 68.4 Å². The summed E-state index contributed by atoms with van der Waals surface area (Å²) in [6, 6.07) is 5.26. The van der Waals surface area contributed by atoms with Crippen LogP contribution in [0, 0.1) is 6.92 Å². The van der Waals surface area contributed by atoms with Crippen molar-refractivity contribution >= 4 is 0 Å². The third-order valence-corrected chi connectivity index (χ3v) is 3.27. The second-order valence-electron chi connectivity index (χ2n) is 4.47. The van der Waals surface area contributed by atoms with Gasteiger partial charge in [0.15, 0.2) is 5.82 Å². The number of phenolic OH excluding ortho intramolecular Hbond substituents is 1. The van der Waals surface area contributed by atoms with Crippen molar-refractivity contribution in [2.45, 2.75) is 19.3 Å². The lowest BCUT2D eigenvalue weighted by Crippen LogP contribution is -1.99. The highest BCUT2D eigenvalue weighted by atomic mass is 16.5. The highest BCUT2D eigenvalue weighted by Gasteiger charge is 2.24. The van der Waals surface area contributed by atoms with Gasteiger partial charge in [0.05, 0.1) is 6.61 Å². The Labute approximate surface area is 104 Å². The Morgan fingerprint density at radius 1 is 1.39 bits per heavy atom. The normalized spacial score (nSPS) is 19.3. The summed E-state index contributed by atoms with van der Waals surface area (Å²) in [6.07, 6.45) is 0.929. The van der Waals surface area contributed by atoms with Crippen LogP contribution in [-0.2, 0) is 4.74 Å². The molecule has 0 bridgehead atoms. The van der Waals surface area contributed by atoms with Gasteiger partial charge in [-0.3, -0.25) is 0 Å². The van der Waals surface area contributed by atoms with Crippen LogP contribution in [0.15, 0.2) is 22.7 Å². The molecule has 0 radical (unpaired) electrons. The molecule has 94 valence electrons. The molecule has 1 aliphatic heterocycles. The minimum absolute atomic E-state index is 0.222. The zero-order valence-electron chi connectivity index (χ0n) is 10.1. The van der Waals surface area contributed by atoms with Gasteiger partial charge in [0.25, 0.3) is 5.89 Å². The van der Waals surface area contributed by atoms with Crippen molar-refractivity contribution in [1.82, 2.24) is 10.1 Å². The second kappa shape index (κ2) is 4.42. The van der Waals surface area contributed by atoms with Crippen molar-refractivity contribution in [3.63, 3.8) is 0 Å². The predicted molar refractivity (Wildman–Crippen MR) is 64.3 cm³/mol. The van der Waals surface area contributed by atoms with E-state index in [1.54, 1.807) is 12.1 Å². The fourth-order valence-corrected chi connectivity index (χ4v) is 2.10. The van der Waals surface area contributed by atoms with Gasteiger partial charge in [-0.05, 0) is 25.5 Å². The quantitative estimate of drug-likeness (QED) is 0.880. The minimum Gasteiger partial charge on any atom is -0.508 e. The molecule has 2 aromatic rings. The molecule has 2 heterocycles. The Hall–Kier alpha value is -1.88. The van der Waals surface area contributed by atoms with Crippen molar-refractivity contribution in [2.24, 2.45) is 0 Å². The van der Waals surface area contributed by atoms with Crippen molar-refractivity contribution in [2.75, 3.05) is 13.2 Å². The van der Waals surface area contributed by atoms with Crippen LogP contribution in [0.1, 0.15) is 23.7 Å². The maximum atomic E-state index is 9.67. The predicted octanol–water partition coefficient (Wildman–Crippen LogP) is 2.25. The van der Waals surface area contributed by atoms with Crippen molar-refractivity contribution < 1.29 is 14.4 Å². The van der Waals surface area contributed by atoms with Crippen LogP contribution < -0.4 is 0 Å². The van der Waals surface area contributed by atoms with Gasteiger partial charge in [-0.25, -0.2) is 0 Å². The van der Waals surface area contributed by atoms with Crippen LogP contribution in [0.25, 0.3) is 11.5 Å². The molecule has 1 atom stereocenters. The van der Waals surface area contributed by atoms with Crippen LogP contribution in [0.4, 0.5) is 0 Å². The standard InChI is InChI=1S/C13H14N2O3/c1-8-10(3-2-4-11(8)16)13-14-12(15-18-13)9-5-6-17-7-9/h2-4,9,16H,5-7H2,1H3. The van der Waals surface area contributed by atoms with E-state index in [4.69, 9.17) is 9.26 Å². The zero-order chi connectivity index (χ0) is 12.5. The summed E-state index contributed by atoms with van der Waals surface area (Å²) in [4.78, 5) is 4.40. The van der Waals surface area contributed by atoms with E-state index in [0.717, 1.165) is 24.2 Å². The van der Waals surface area contributed by atoms with Gasteiger partial charge in [-0.15, -0.1) is 0 Å². The number of hydrogen-bond acceptors (Lipinski definition) is 5. The highest BCUT2D eigenvalue weighted by Crippen LogP contribution is 2.30. The smallest absolute Gasteiger partial charge is 0.258 e. The summed E-state index contributed by atoms with van der Waals surface area (Å²) < 4.78 is 10.6. The van der Waals surface area contributed by atoms with Gasteiger partial charge >= 0.3 is 0 Å². The van der Waals surface area contributed by atoms with Gasteiger partial charge in [-0.1, -0.05) is 11.2 Å². The number of aromatic nitrogens is 2. The Bertz CT molecular complexity index is 559. The molecule has 1 fully saturated rings. The van der Waals surface area contributed by atoms with Gasteiger partial charge in [0.1, 0.15) is 5.75 Å². The molecule has 1 unspecified atom stereocenters. The minimum atomic E-state index is 0.222. The maximum absolute atomic E-state index is 9.67. The van der Waals surface area contributed by atoms with Crippen molar-refractivity contribution in [1.29, 1.82) is 0 Å². The van der Waals surface area contributed by atoms with E-state index in [-0.39, 0.29) is 11.7 Å². The van der Waals surface area contributed by atoms with Crippen LogP contribution in [0.5, 0.6) is 5.75 Å². The van der Waals surface area contributed by atoms with Crippen molar-refractivity contribution in [3.05, 3.63) is 29.6 Å². The molecule has 1 aromatic heterocycles. The molecular formula is C13H14N2O3. The molecule has 0 saturated carbocycles. The molecule has 0 amide bonds. The lowest BCUT2D eigenvalue weighted by molar-refractivity contribution is 0.192. The molecule has 18 heavy (non-hydrogen) atoms. The first-order valence-corrected chi connectivity index (χ1v) is 5.96. The average molecular weight is 246 g/mol. The van der Waals surface area contributed by atoms with E-state index in [1.165, 1.54) is 0 Å². The molecule has 0 aliphatic carbocycles. The Morgan fingerprint density at radius 2 is 2.28 bits per heavy atom. The third kappa shape index (κ3) is 1.86. The first-order valence-electron chi connectivity index (χ1n) is 5.96. The molecule has 1 aliphatic rings. The number of hydrogen-bond donors (Lipinski definition) is 1. The number of ether oxygens (including phenoxy) is 1. The van der Waals surface area contributed by atoms with E-state index in [0.29, 0.717) is 18.3 Å². The summed E-state index contributed by atoms with van der Waals surface area (Å²) >= 11 is 0. The summed E-state index contributed by atoms with van der Waals surface area (Å²) in [5.41, 5.74) is 1.52. The van der Waals surface area contributed by atoms with Crippen LogP contribution >= 0.6 is 0 Å². The number of phenols is 1. The fraction of sp³-hybridized carbons (Fsp3) is 0.385. The first kappa shape index (κ1) is 11.2. The summed E-state index contributed by atoms with van der Waals surface area (Å²) in [6.45, 7) is 3.23. The van der Waals surface area contributed by atoms with Crippen LogP contribution in [0.3, 0.4) is 0 Å². The van der Waals surface area contributed by atoms with Crippen molar-refractivity contribution in [3.8, 4) is 17.2 Å². The SMILES string of the molecule is Cc1c(O)cccc1-c1nc(C2CCOC2)no1. The maximum Gasteiger partial charge on any atom is 0.258 e. The highest BCUT2D eigenvalue weighted by molar-refractivity contribution is 5.61. The second-order valence-corrected chi connectivity index (χ2v) is 4.47. The monoisotopic (exact) mass is 246 g/mol. The molecular weight excluding hydrogens is 232 g/mol. The largest absolute Gasteiger partial charge is 0.508 e. The Kier molecular flexibility index (Phi) is 2.76. The van der Waals surface area contributed by atoms with E-state index >= 15 is 0 Å². The zero-order valence-corrected chi connectivity index (χ0v) is 10.1. The van der Waals surface area contributed by atoms with Crippen LogP contribution in [0.2, 0.25) is 0 Å². The number of benzene rings is 1. The molecule has 3 rings (SSSR count). The van der Waals surface area contributed by atoms with Gasteiger partial charge < -0.3 is 14.4 Å². The van der Waals surface area contributed by atoms with Gasteiger partial charge in [-0.2, -0.15) is 4.98 Å². The first-order chi connectivity index (χ1) is 8.75. The summed E-state index contributed by atoms with van der Waals surface area (Å²) in [5.74, 6) is 1.59. The van der Waals surface area contributed by atoms with E-state index < -0.39 is 0 Å². The lowest BCUT2D eigenvalue weighted by Gasteiger charge is -2.02. The van der Waals surface area contributed by atoms with Crippen LogP contribution in [-0.4, -0.2) is 28.5 Å². The molecule has 1 aromatic carbocycles. The van der Waals surface area contributed by atoms with Gasteiger partial charge in [0.2, 0.25) is 0 Å². The van der Waals surface area contributed by atoms with E-state index in [9.17, 15) is 5.11 Å². The molecule has 0 spiro atoms. The summed E-state index contributed by atoms with van der Waals surface area (Å²) in [7, 11) is 0. The Balaban J connectivity index is 1.95. The number of aromatic hydroxyl groups is 1. The molecule has 5 nitrogen and oxygen atoms in total.